The molecule has 55 heavy (non-hydrogen) atoms. The molecule has 2 nitrogen and oxygen atoms in total. The van der Waals surface area contributed by atoms with Gasteiger partial charge in [0.2, 0.25) is 0 Å². The molecule has 0 atom stereocenters. The highest BCUT2D eigenvalue weighted by Gasteiger charge is 2.23. The van der Waals surface area contributed by atoms with Gasteiger partial charge < -0.3 is 0 Å². The van der Waals surface area contributed by atoms with Crippen molar-refractivity contribution in [2.24, 2.45) is 0 Å². The van der Waals surface area contributed by atoms with Crippen molar-refractivity contribution in [3.63, 3.8) is 0 Å². The maximum atomic E-state index is 5.41. The lowest BCUT2D eigenvalue weighted by molar-refractivity contribution is 1.11. The van der Waals surface area contributed by atoms with E-state index in [1.165, 1.54) is 86.5 Å². The molecule has 0 aliphatic rings. The summed E-state index contributed by atoms with van der Waals surface area (Å²) in [6.07, 6.45) is 0. The molecule has 11 aromatic carbocycles. The Hall–Kier alpha value is -7.29. The second kappa shape index (κ2) is 11.6. The van der Waals surface area contributed by atoms with Gasteiger partial charge in [-0.15, -0.1) is 0 Å². The molecular formula is C53H32N2. The fourth-order valence-corrected chi connectivity index (χ4v) is 9.51. The van der Waals surface area contributed by atoms with Crippen molar-refractivity contribution in [3.8, 4) is 28.2 Å². The SMILES string of the molecule is c1ccc(-n2c(-c3c4ccccc4c(-c4cccc5c6cccc7ccc8cccc(c9ccccc9c45)c8c76)c4ccccc34)nc3ccccc32)cc1. The first-order chi connectivity index (χ1) is 27.3. The summed E-state index contributed by atoms with van der Waals surface area (Å²) in [5, 5.41) is 17.5. The fourth-order valence-electron chi connectivity index (χ4n) is 9.51. The van der Waals surface area contributed by atoms with Gasteiger partial charge in [0.1, 0.15) is 5.82 Å². The molecule has 0 spiro atoms. The zero-order valence-electron chi connectivity index (χ0n) is 29.9. The van der Waals surface area contributed by atoms with Crippen molar-refractivity contribution in [3.05, 3.63) is 194 Å². The first-order valence-corrected chi connectivity index (χ1v) is 19.0. The smallest absolute Gasteiger partial charge is 0.146 e. The van der Waals surface area contributed by atoms with E-state index in [1.54, 1.807) is 0 Å². The van der Waals surface area contributed by atoms with Gasteiger partial charge in [0, 0.05) is 11.3 Å². The van der Waals surface area contributed by atoms with Gasteiger partial charge in [0.25, 0.3) is 0 Å². The summed E-state index contributed by atoms with van der Waals surface area (Å²) in [4.78, 5) is 5.41. The number of benzene rings is 10. The van der Waals surface area contributed by atoms with Crippen LogP contribution >= 0.6 is 0 Å². The summed E-state index contributed by atoms with van der Waals surface area (Å²) in [6, 6.07) is 71.1. The van der Waals surface area contributed by atoms with E-state index >= 15 is 0 Å². The molecule has 12 rings (SSSR count). The van der Waals surface area contributed by atoms with Crippen LogP contribution < -0.4 is 0 Å². The average molecular weight is 697 g/mol. The minimum absolute atomic E-state index is 0.941. The molecule has 1 heterocycles. The minimum atomic E-state index is 0.941. The van der Waals surface area contributed by atoms with Crippen LogP contribution in [0.5, 0.6) is 0 Å². The third-order valence-corrected chi connectivity index (χ3v) is 11.7. The second-order valence-electron chi connectivity index (χ2n) is 14.6. The Morgan fingerprint density at radius 1 is 0.309 bits per heavy atom. The van der Waals surface area contributed by atoms with Crippen molar-refractivity contribution < 1.29 is 0 Å². The molecule has 0 saturated heterocycles. The molecule has 0 fully saturated rings. The van der Waals surface area contributed by atoms with Crippen molar-refractivity contribution >= 4 is 86.4 Å². The molecule has 12 aromatic rings. The summed E-state index contributed by atoms with van der Waals surface area (Å²) >= 11 is 0. The van der Waals surface area contributed by atoms with E-state index in [0.29, 0.717) is 0 Å². The summed E-state index contributed by atoms with van der Waals surface area (Å²) in [6.45, 7) is 0. The molecule has 0 radical (unpaired) electrons. The third kappa shape index (κ3) is 4.28. The fraction of sp³-hybridized carbons (Fsp3) is 0. The van der Waals surface area contributed by atoms with Gasteiger partial charge in [0.05, 0.1) is 11.0 Å². The lowest BCUT2D eigenvalue weighted by Crippen LogP contribution is -1.99. The molecule has 0 unspecified atom stereocenters. The molecule has 0 N–H and O–H groups in total. The first-order valence-electron chi connectivity index (χ1n) is 19.0. The predicted molar refractivity (Wildman–Crippen MR) is 234 cm³/mol. The third-order valence-electron chi connectivity index (χ3n) is 11.7. The maximum Gasteiger partial charge on any atom is 0.146 e. The highest BCUT2D eigenvalue weighted by molar-refractivity contribution is 6.35. The van der Waals surface area contributed by atoms with Gasteiger partial charge >= 0.3 is 0 Å². The number of para-hydroxylation sites is 3. The minimum Gasteiger partial charge on any atom is -0.292 e. The Kier molecular flexibility index (Phi) is 6.37. The normalized spacial score (nSPS) is 12.0. The Bertz CT molecular complexity index is 3480. The van der Waals surface area contributed by atoms with E-state index in [0.717, 1.165) is 28.1 Å². The van der Waals surface area contributed by atoms with Crippen molar-refractivity contribution in [2.75, 3.05) is 0 Å². The topological polar surface area (TPSA) is 17.8 Å². The average Bonchev–Trinajstić information content (AvgIpc) is 3.63. The molecule has 2 heteroatoms. The van der Waals surface area contributed by atoms with E-state index in [4.69, 9.17) is 4.98 Å². The molecular weight excluding hydrogens is 665 g/mol. The molecule has 0 saturated carbocycles. The molecule has 0 aliphatic heterocycles. The van der Waals surface area contributed by atoms with Crippen LogP contribution in [0.25, 0.3) is 115 Å². The zero-order valence-corrected chi connectivity index (χ0v) is 29.9. The number of fused-ring (bicyclic) bond motifs is 8. The van der Waals surface area contributed by atoms with Gasteiger partial charge in [-0.2, -0.15) is 0 Å². The van der Waals surface area contributed by atoms with E-state index in [2.05, 4.69) is 199 Å². The van der Waals surface area contributed by atoms with Crippen LogP contribution in [0.4, 0.5) is 0 Å². The van der Waals surface area contributed by atoms with Gasteiger partial charge in [-0.05, 0) is 111 Å². The monoisotopic (exact) mass is 696 g/mol. The molecule has 0 amide bonds. The number of hydrogen-bond acceptors (Lipinski definition) is 1. The Morgan fingerprint density at radius 3 is 1.42 bits per heavy atom. The van der Waals surface area contributed by atoms with Crippen LogP contribution in [0.2, 0.25) is 0 Å². The van der Waals surface area contributed by atoms with Gasteiger partial charge in [0.15, 0.2) is 0 Å². The molecule has 0 bridgehead atoms. The van der Waals surface area contributed by atoms with Crippen molar-refractivity contribution in [1.29, 1.82) is 0 Å². The summed E-state index contributed by atoms with van der Waals surface area (Å²) in [5.41, 5.74) is 6.76. The molecule has 0 aliphatic carbocycles. The quantitative estimate of drug-likeness (QED) is 0.133. The van der Waals surface area contributed by atoms with Crippen LogP contribution in [-0.2, 0) is 0 Å². The number of hydrogen-bond donors (Lipinski definition) is 0. The van der Waals surface area contributed by atoms with Crippen LogP contribution in [0.3, 0.4) is 0 Å². The predicted octanol–water partition coefficient (Wildman–Crippen LogP) is 14.4. The van der Waals surface area contributed by atoms with Gasteiger partial charge in [-0.3, -0.25) is 4.57 Å². The highest BCUT2D eigenvalue weighted by Crippen LogP contribution is 2.48. The van der Waals surface area contributed by atoms with E-state index in [9.17, 15) is 0 Å². The van der Waals surface area contributed by atoms with Gasteiger partial charge in [-0.1, -0.05) is 170 Å². The maximum absolute atomic E-state index is 5.41. The summed E-state index contributed by atoms with van der Waals surface area (Å²) < 4.78 is 2.33. The summed E-state index contributed by atoms with van der Waals surface area (Å²) in [5.74, 6) is 0.941. The van der Waals surface area contributed by atoms with Crippen LogP contribution in [0, 0.1) is 0 Å². The lowest BCUT2D eigenvalue weighted by atomic mass is 9.84. The number of imidazole rings is 1. The van der Waals surface area contributed by atoms with Crippen LogP contribution in [0.15, 0.2) is 194 Å². The summed E-state index contributed by atoms with van der Waals surface area (Å²) in [7, 11) is 0. The van der Waals surface area contributed by atoms with E-state index in [-0.39, 0.29) is 0 Å². The van der Waals surface area contributed by atoms with Crippen molar-refractivity contribution in [2.45, 2.75) is 0 Å². The van der Waals surface area contributed by atoms with Crippen molar-refractivity contribution in [1.82, 2.24) is 9.55 Å². The number of nitrogens with zero attached hydrogens (tertiary/aromatic N) is 2. The van der Waals surface area contributed by atoms with Gasteiger partial charge in [-0.25, -0.2) is 4.98 Å². The van der Waals surface area contributed by atoms with Crippen LogP contribution in [-0.4, -0.2) is 9.55 Å². The van der Waals surface area contributed by atoms with E-state index < -0.39 is 0 Å². The highest BCUT2D eigenvalue weighted by atomic mass is 15.1. The van der Waals surface area contributed by atoms with Crippen LogP contribution in [0.1, 0.15) is 0 Å². The Morgan fingerprint density at radius 2 is 0.764 bits per heavy atom. The first kappa shape index (κ1) is 30.2. The van der Waals surface area contributed by atoms with E-state index in [1.807, 2.05) is 0 Å². The second-order valence-corrected chi connectivity index (χ2v) is 14.6. The standard InChI is InChI=1S/C53H32N2/c1-2-17-35(18-3-1)55-47-30-11-10-29-46(47)54-53(55)52-43-23-8-6-21-40(43)51(41-22-7-9-24-44(41)52)45-28-14-27-42-39-26-13-16-34-32-31-33-15-12-25-37(48(33)49(34)39)36-19-4-5-20-38(36)50(42)45/h1-32H. The lowest BCUT2D eigenvalue weighted by Gasteiger charge is -2.20. The largest absolute Gasteiger partial charge is 0.292 e. The molecule has 1 aromatic heterocycles. The molecule has 254 valence electrons. The zero-order chi connectivity index (χ0) is 36.0. The number of aromatic nitrogens is 2. The number of rotatable bonds is 3. The Balaban J connectivity index is 1.30. The Labute approximate surface area is 317 Å².